The average Bonchev–Trinajstić information content (AvgIpc) is 2.50. The minimum atomic E-state index is 0.267. The Morgan fingerprint density at radius 3 is 2.32 bits per heavy atom. The fourth-order valence-electron chi connectivity index (χ4n) is 2.05. The summed E-state index contributed by atoms with van der Waals surface area (Å²) in [5.41, 5.74) is 2.89. The Morgan fingerprint density at radius 2 is 1.64 bits per heavy atom. The smallest absolute Gasteiger partial charge is 0.137 e. The van der Waals surface area contributed by atoms with Crippen LogP contribution in [0.25, 0.3) is 0 Å². The minimum Gasteiger partial charge on any atom is -0.300 e. The number of allylic oxidation sites excluding steroid dienone is 4. The van der Waals surface area contributed by atoms with E-state index < -0.39 is 0 Å². The first kappa shape index (κ1) is 20.3. The second kappa shape index (κ2) is 15.7. The summed E-state index contributed by atoms with van der Waals surface area (Å²) in [5.74, 6) is 0.648. The molecule has 0 aliphatic rings. The molecule has 0 bridgehead atoms. The number of hydrogen-bond donors (Lipinski definition) is 0. The molecule has 0 heterocycles. The van der Waals surface area contributed by atoms with Crippen molar-refractivity contribution in [2.75, 3.05) is 0 Å². The summed E-state index contributed by atoms with van der Waals surface area (Å²) in [5, 5.41) is 0. The van der Waals surface area contributed by atoms with Gasteiger partial charge in [-0.2, -0.15) is 0 Å². The molecular weight excluding hydrogens is 272 g/mol. The van der Waals surface area contributed by atoms with Gasteiger partial charge in [0.1, 0.15) is 11.6 Å². The molecule has 0 aromatic carbocycles. The summed E-state index contributed by atoms with van der Waals surface area (Å²) in [6.07, 6.45) is 17.9. The van der Waals surface area contributed by atoms with Crippen molar-refractivity contribution in [3.05, 3.63) is 42.7 Å². The highest BCUT2D eigenvalue weighted by Crippen LogP contribution is 2.06. The van der Waals surface area contributed by atoms with Gasteiger partial charge in [0.05, 0.1) is 0 Å². The quantitative estimate of drug-likeness (QED) is 0.184. The topological polar surface area (TPSA) is 34.1 Å². The second-order valence-electron chi connectivity index (χ2n) is 5.41. The van der Waals surface area contributed by atoms with E-state index in [1.54, 1.807) is 18.2 Å². The Morgan fingerprint density at radius 1 is 0.955 bits per heavy atom. The van der Waals surface area contributed by atoms with Crippen molar-refractivity contribution < 1.29 is 9.59 Å². The van der Waals surface area contributed by atoms with E-state index in [2.05, 4.69) is 24.5 Å². The van der Waals surface area contributed by atoms with Crippen LogP contribution in [0.3, 0.4) is 0 Å². The Kier molecular flexibility index (Phi) is 14.5. The maximum atomic E-state index is 11.5. The van der Waals surface area contributed by atoms with Crippen LogP contribution in [-0.2, 0) is 9.59 Å². The molecule has 0 aliphatic heterocycles. The van der Waals surface area contributed by atoms with E-state index in [-0.39, 0.29) is 5.78 Å². The van der Waals surface area contributed by atoms with Gasteiger partial charge in [-0.3, -0.25) is 9.59 Å². The molecule has 0 fully saturated rings. The van der Waals surface area contributed by atoms with Gasteiger partial charge in [0.25, 0.3) is 0 Å². The van der Waals surface area contributed by atoms with Crippen molar-refractivity contribution in [1.82, 2.24) is 0 Å². The van der Waals surface area contributed by atoms with Gasteiger partial charge in [0.15, 0.2) is 0 Å². The molecule has 0 unspecified atom stereocenters. The summed E-state index contributed by atoms with van der Waals surface area (Å²) in [4.78, 5) is 22.9. The lowest BCUT2D eigenvalue weighted by molar-refractivity contribution is -0.119. The summed E-state index contributed by atoms with van der Waals surface area (Å²) in [7, 11) is 0. The third-order valence-electron chi connectivity index (χ3n) is 3.26. The first-order valence-electron chi connectivity index (χ1n) is 8.41. The van der Waals surface area contributed by atoms with Crippen LogP contribution in [0.1, 0.15) is 71.1 Å². The Hall–Kier alpha value is -1.66. The lowest BCUT2D eigenvalue weighted by Crippen LogP contribution is -1.95. The number of carbonyl (C=O) groups is 2. The average molecular weight is 302 g/mol. The first-order chi connectivity index (χ1) is 10.7. The van der Waals surface area contributed by atoms with Gasteiger partial charge < -0.3 is 0 Å². The standard InChI is InChI=1S/C20H30O2/c1-3-5-6-12-17-20(22)18-14-11-9-7-8-10-13-16-19(21)15-4-2/h3,5,7-8,12H,1,4,9-11,13-18H2,2H3/b8-7+. The highest BCUT2D eigenvalue weighted by atomic mass is 16.1. The lowest BCUT2D eigenvalue weighted by atomic mass is 10.1. The molecular formula is C20H30O2. The maximum Gasteiger partial charge on any atom is 0.137 e. The van der Waals surface area contributed by atoms with Gasteiger partial charge in [0.2, 0.25) is 0 Å². The van der Waals surface area contributed by atoms with Gasteiger partial charge in [-0.25, -0.2) is 0 Å². The van der Waals surface area contributed by atoms with E-state index in [1.807, 2.05) is 6.92 Å². The molecule has 2 heteroatoms. The highest BCUT2D eigenvalue weighted by molar-refractivity contribution is 5.79. The third-order valence-corrected chi connectivity index (χ3v) is 3.26. The molecule has 0 atom stereocenters. The fraction of sp³-hybridized carbons (Fsp3) is 0.550. The molecule has 0 saturated carbocycles. The van der Waals surface area contributed by atoms with E-state index >= 15 is 0 Å². The van der Waals surface area contributed by atoms with Crippen LogP contribution in [0.5, 0.6) is 0 Å². The zero-order valence-corrected chi connectivity index (χ0v) is 14.0. The van der Waals surface area contributed by atoms with Crippen LogP contribution in [0, 0.1) is 0 Å². The predicted molar refractivity (Wildman–Crippen MR) is 93.8 cm³/mol. The van der Waals surface area contributed by atoms with Crippen LogP contribution < -0.4 is 0 Å². The molecule has 0 aromatic heterocycles. The van der Waals surface area contributed by atoms with E-state index in [1.165, 1.54) is 0 Å². The number of rotatable bonds is 14. The van der Waals surface area contributed by atoms with Crippen molar-refractivity contribution in [3.8, 4) is 0 Å². The van der Waals surface area contributed by atoms with Crippen molar-refractivity contribution in [3.63, 3.8) is 0 Å². The van der Waals surface area contributed by atoms with E-state index in [0.717, 1.165) is 44.9 Å². The number of carbonyl (C=O) groups excluding carboxylic acids is 2. The van der Waals surface area contributed by atoms with E-state index in [4.69, 9.17) is 0 Å². The van der Waals surface area contributed by atoms with Crippen LogP contribution in [0.2, 0.25) is 0 Å². The molecule has 0 amide bonds. The molecule has 122 valence electrons. The van der Waals surface area contributed by atoms with Gasteiger partial charge >= 0.3 is 0 Å². The third kappa shape index (κ3) is 14.7. The highest BCUT2D eigenvalue weighted by Gasteiger charge is 1.99. The Labute approximate surface area is 135 Å². The summed E-state index contributed by atoms with van der Waals surface area (Å²) < 4.78 is 0. The monoisotopic (exact) mass is 302 g/mol. The van der Waals surface area contributed by atoms with Gasteiger partial charge in [0, 0.05) is 25.7 Å². The van der Waals surface area contributed by atoms with E-state index in [0.29, 0.717) is 25.0 Å². The number of unbranched alkanes of at least 4 members (excludes halogenated alkanes) is 3. The predicted octanol–water partition coefficient (Wildman–Crippen LogP) is 5.50. The largest absolute Gasteiger partial charge is 0.300 e. The minimum absolute atomic E-state index is 0.267. The second-order valence-corrected chi connectivity index (χ2v) is 5.41. The number of ketones is 2. The van der Waals surface area contributed by atoms with Crippen molar-refractivity contribution >= 4 is 11.6 Å². The van der Waals surface area contributed by atoms with Crippen molar-refractivity contribution in [2.24, 2.45) is 0 Å². The van der Waals surface area contributed by atoms with Crippen LogP contribution in [-0.4, -0.2) is 11.6 Å². The number of Topliss-reactive ketones (excluding diaryl/α,β-unsaturated/α-hetero) is 2. The van der Waals surface area contributed by atoms with E-state index in [9.17, 15) is 9.59 Å². The molecule has 0 rings (SSSR count). The lowest BCUT2D eigenvalue weighted by Gasteiger charge is -1.97. The molecule has 0 spiro atoms. The molecule has 0 saturated heterocycles. The van der Waals surface area contributed by atoms with Crippen LogP contribution in [0.4, 0.5) is 0 Å². The summed E-state index contributed by atoms with van der Waals surface area (Å²) in [6, 6.07) is 0. The van der Waals surface area contributed by atoms with Gasteiger partial charge in [-0.15, -0.1) is 5.73 Å². The SMILES string of the molecule is C=CC=C=CCC(=O)CCCC/C=C/CCCC(=O)CCC. The molecule has 0 radical (unpaired) electrons. The number of hydrogen-bond acceptors (Lipinski definition) is 2. The zero-order chi connectivity index (χ0) is 16.5. The van der Waals surface area contributed by atoms with Crippen LogP contribution in [0.15, 0.2) is 42.7 Å². The normalized spacial score (nSPS) is 10.2. The van der Waals surface area contributed by atoms with Crippen molar-refractivity contribution in [1.29, 1.82) is 0 Å². The van der Waals surface area contributed by atoms with Crippen molar-refractivity contribution in [2.45, 2.75) is 71.1 Å². The maximum absolute atomic E-state index is 11.5. The summed E-state index contributed by atoms with van der Waals surface area (Å²) >= 11 is 0. The summed E-state index contributed by atoms with van der Waals surface area (Å²) in [6.45, 7) is 5.58. The molecule has 0 aliphatic carbocycles. The fourth-order valence-corrected chi connectivity index (χ4v) is 2.05. The Bertz CT molecular complexity index is 409. The molecule has 0 N–H and O–H groups in total. The Balaban J connectivity index is 3.47. The van der Waals surface area contributed by atoms with Gasteiger partial charge in [-0.05, 0) is 50.7 Å². The zero-order valence-electron chi connectivity index (χ0n) is 14.0. The molecule has 22 heavy (non-hydrogen) atoms. The molecule has 2 nitrogen and oxygen atoms in total. The first-order valence-corrected chi connectivity index (χ1v) is 8.41. The molecule has 0 aromatic rings. The van der Waals surface area contributed by atoms with Gasteiger partial charge in [-0.1, -0.05) is 31.7 Å². The van der Waals surface area contributed by atoms with Crippen LogP contribution >= 0.6 is 0 Å².